The molecular formula is C21H12F6N6O. The Morgan fingerprint density at radius 1 is 0.853 bits per heavy atom. The van der Waals surface area contributed by atoms with Crippen molar-refractivity contribution in [1.29, 1.82) is 0 Å². The summed E-state index contributed by atoms with van der Waals surface area (Å²) in [5.74, 6) is -1.08. The number of pyridine rings is 1. The minimum absolute atomic E-state index is 0.00377. The first-order valence-corrected chi connectivity index (χ1v) is 9.44. The molecule has 174 valence electrons. The molecule has 0 bridgehead atoms. The quantitative estimate of drug-likeness (QED) is 0.417. The Kier molecular flexibility index (Phi) is 5.77. The van der Waals surface area contributed by atoms with Crippen molar-refractivity contribution >= 4 is 11.6 Å². The normalized spacial score (nSPS) is 11.9. The summed E-state index contributed by atoms with van der Waals surface area (Å²) in [7, 11) is 0. The number of hydrogen-bond acceptors (Lipinski definition) is 5. The summed E-state index contributed by atoms with van der Waals surface area (Å²) in [6.07, 6.45) is -7.25. The van der Waals surface area contributed by atoms with Crippen LogP contribution in [0, 0.1) is 0 Å². The number of amides is 1. The maximum atomic E-state index is 13.2. The second kappa shape index (κ2) is 8.57. The van der Waals surface area contributed by atoms with E-state index in [-0.39, 0.29) is 17.2 Å². The molecule has 7 nitrogen and oxygen atoms in total. The number of nitrogens with zero attached hydrogens (tertiary/aromatic N) is 5. The highest BCUT2D eigenvalue weighted by Crippen LogP contribution is 2.32. The second-order valence-corrected chi connectivity index (χ2v) is 6.82. The van der Waals surface area contributed by atoms with Crippen LogP contribution >= 0.6 is 0 Å². The van der Waals surface area contributed by atoms with Crippen LogP contribution in [0.3, 0.4) is 0 Å². The number of anilines is 1. The van der Waals surface area contributed by atoms with E-state index in [9.17, 15) is 31.1 Å². The van der Waals surface area contributed by atoms with Crippen LogP contribution in [-0.2, 0) is 12.4 Å². The van der Waals surface area contributed by atoms with E-state index >= 15 is 0 Å². The molecule has 0 saturated carbocycles. The van der Waals surface area contributed by atoms with Crippen molar-refractivity contribution in [2.45, 2.75) is 12.4 Å². The average molecular weight is 478 g/mol. The van der Waals surface area contributed by atoms with Gasteiger partial charge in [-0.1, -0.05) is 18.2 Å². The van der Waals surface area contributed by atoms with E-state index in [1.807, 2.05) is 0 Å². The fourth-order valence-corrected chi connectivity index (χ4v) is 3.01. The molecule has 1 amide bonds. The molecule has 4 aromatic rings. The number of halogens is 6. The third-order valence-electron chi connectivity index (χ3n) is 4.54. The van der Waals surface area contributed by atoms with Crippen molar-refractivity contribution < 1.29 is 31.1 Å². The minimum Gasteiger partial charge on any atom is -0.320 e. The fourth-order valence-electron chi connectivity index (χ4n) is 3.01. The van der Waals surface area contributed by atoms with Gasteiger partial charge in [0.15, 0.2) is 11.5 Å². The van der Waals surface area contributed by atoms with Crippen LogP contribution in [0.1, 0.15) is 21.7 Å². The summed E-state index contributed by atoms with van der Waals surface area (Å²) in [5.41, 5.74) is -2.43. The topological polar surface area (TPSA) is 85.6 Å². The molecule has 0 radical (unpaired) electrons. The predicted octanol–water partition coefficient (Wildman–Crippen LogP) is 5.01. The third kappa shape index (κ3) is 4.72. The van der Waals surface area contributed by atoms with Crippen LogP contribution in [0.2, 0.25) is 0 Å². The molecule has 0 aliphatic rings. The first kappa shape index (κ1) is 22.9. The Hall–Kier alpha value is -4.29. The lowest BCUT2D eigenvalue weighted by Gasteiger charge is -2.13. The van der Waals surface area contributed by atoms with Gasteiger partial charge in [-0.3, -0.25) is 9.78 Å². The Morgan fingerprint density at radius 2 is 1.62 bits per heavy atom. The van der Waals surface area contributed by atoms with Gasteiger partial charge in [-0.25, -0.2) is 4.68 Å². The maximum absolute atomic E-state index is 13.2. The van der Waals surface area contributed by atoms with Crippen molar-refractivity contribution in [2.75, 3.05) is 5.32 Å². The summed E-state index contributed by atoms with van der Waals surface area (Å²) in [6.45, 7) is 0. The molecule has 1 N–H and O–H groups in total. The van der Waals surface area contributed by atoms with Gasteiger partial charge in [-0.15, -0.1) is 10.2 Å². The standard InChI is InChI=1S/C21H12F6N6O/c22-20(23,24)13-5-3-10-28-18(13)19(34)29-14-6-2-1-4-12(14)15-7-8-17(31-30-15)33-11-9-16(32-33)21(25,26)27/h1-11H,(H,29,34). The zero-order valence-electron chi connectivity index (χ0n) is 16.8. The molecular weight excluding hydrogens is 466 g/mol. The van der Waals surface area contributed by atoms with Crippen molar-refractivity contribution in [3.63, 3.8) is 0 Å². The Labute approximate surface area is 187 Å². The van der Waals surface area contributed by atoms with Crippen LogP contribution in [0.4, 0.5) is 32.0 Å². The predicted molar refractivity (Wildman–Crippen MR) is 107 cm³/mol. The molecule has 0 spiro atoms. The molecule has 1 aromatic carbocycles. The summed E-state index contributed by atoms with van der Waals surface area (Å²) in [6, 6.07) is 11.5. The zero-order chi connectivity index (χ0) is 24.5. The number of hydrogen-bond donors (Lipinski definition) is 1. The average Bonchev–Trinajstić information content (AvgIpc) is 3.30. The molecule has 13 heteroatoms. The number of carbonyl (C=O) groups excluding carboxylic acids is 1. The van der Waals surface area contributed by atoms with Crippen LogP contribution in [0.5, 0.6) is 0 Å². The molecule has 0 saturated heterocycles. The van der Waals surface area contributed by atoms with E-state index in [2.05, 4.69) is 25.6 Å². The highest BCUT2D eigenvalue weighted by atomic mass is 19.4. The molecule has 34 heavy (non-hydrogen) atoms. The van der Waals surface area contributed by atoms with Gasteiger partial charge in [-0.2, -0.15) is 31.4 Å². The minimum atomic E-state index is -4.78. The number of para-hydroxylation sites is 1. The summed E-state index contributed by atoms with van der Waals surface area (Å²) in [5, 5.41) is 13.6. The molecule has 0 aliphatic carbocycles. The lowest BCUT2D eigenvalue weighted by atomic mass is 10.1. The fraction of sp³-hybridized carbons (Fsp3) is 0.0952. The summed E-state index contributed by atoms with van der Waals surface area (Å²) in [4.78, 5) is 16.1. The van der Waals surface area contributed by atoms with E-state index in [0.29, 0.717) is 5.56 Å². The Bertz CT molecular complexity index is 1330. The van der Waals surface area contributed by atoms with Crippen LogP contribution in [-0.4, -0.2) is 30.9 Å². The maximum Gasteiger partial charge on any atom is 0.435 e. The van der Waals surface area contributed by atoms with Gasteiger partial charge in [0.2, 0.25) is 0 Å². The van der Waals surface area contributed by atoms with Gasteiger partial charge in [0.05, 0.1) is 16.9 Å². The van der Waals surface area contributed by atoms with Crippen molar-refractivity contribution in [3.8, 4) is 17.1 Å². The molecule has 3 heterocycles. The van der Waals surface area contributed by atoms with Gasteiger partial charge in [-0.05, 0) is 36.4 Å². The van der Waals surface area contributed by atoms with Gasteiger partial charge in [0.1, 0.15) is 5.69 Å². The van der Waals surface area contributed by atoms with Crippen molar-refractivity contribution in [3.05, 3.63) is 83.9 Å². The lowest BCUT2D eigenvalue weighted by Crippen LogP contribution is -2.20. The van der Waals surface area contributed by atoms with Crippen molar-refractivity contribution in [1.82, 2.24) is 25.0 Å². The highest BCUT2D eigenvalue weighted by molar-refractivity contribution is 6.05. The van der Waals surface area contributed by atoms with Gasteiger partial charge in [0, 0.05) is 18.0 Å². The summed E-state index contributed by atoms with van der Waals surface area (Å²) >= 11 is 0. The third-order valence-corrected chi connectivity index (χ3v) is 4.54. The number of alkyl halides is 6. The number of aromatic nitrogens is 5. The Balaban J connectivity index is 1.61. The van der Waals surface area contributed by atoms with Crippen molar-refractivity contribution in [2.24, 2.45) is 0 Å². The van der Waals surface area contributed by atoms with Gasteiger partial charge in [0.25, 0.3) is 5.91 Å². The monoisotopic (exact) mass is 478 g/mol. The molecule has 4 rings (SSSR count). The highest BCUT2D eigenvalue weighted by Gasteiger charge is 2.36. The zero-order valence-corrected chi connectivity index (χ0v) is 16.8. The van der Waals surface area contributed by atoms with E-state index in [1.165, 1.54) is 24.3 Å². The largest absolute Gasteiger partial charge is 0.435 e. The van der Waals surface area contributed by atoms with Crippen LogP contribution in [0.25, 0.3) is 17.1 Å². The second-order valence-electron chi connectivity index (χ2n) is 6.82. The molecule has 0 aliphatic heterocycles. The van der Waals surface area contributed by atoms with E-state index in [0.717, 1.165) is 35.3 Å². The Morgan fingerprint density at radius 3 is 2.26 bits per heavy atom. The lowest BCUT2D eigenvalue weighted by molar-refractivity contribution is -0.141. The first-order valence-electron chi connectivity index (χ1n) is 9.44. The van der Waals surface area contributed by atoms with E-state index in [1.54, 1.807) is 12.1 Å². The molecule has 0 unspecified atom stereocenters. The number of carbonyl (C=O) groups is 1. The summed E-state index contributed by atoms with van der Waals surface area (Å²) < 4.78 is 78.8. The van der Waals surface area contributed by atoms with Crippen LogP contribution in [0.15, 0.2) is 67.0 Å². The molecule has 0 atom stereocenters. The molecule has 0 fully saturated rings. The van der Waals surface area contributed by atoms with Crippen LogP contribution < -0.4 is 5.32 Å². The smallest absolute Gasteiger partial charge is 0.320 e. The number of nitrogens with one attached hydrogen (secondary N) is 1. The van der Waals surface area contributed by atoms with Gasteiger partial charge >= 0.3 is 12.4 Å². The van der Waals surface area contributed by atoms with Gasteiger partial charge < -0.3 is 5.32 Å². The number of benzene rings is 1. The number of rotatable bonds is 4. The van der Waals surface area contributed by atoms with E-state index < -0.39 is 35.2 Å². The first-order chi connectivity index (χ1) is 16.0. The molecule has 3 aromatic heterocycles. The van der Waals surface area contributed by atoms with E-state index in [4.69, 9.17) is 0 Å². The SMILES string of the molecule is O=C(Nc1ccccc1-c1ccc(-n2ccc(C(F)(F)F)n2)nn1)c1ncccc1C(F)(F)F.